The van der Waals surface area contributed by atoms with E-state index in [0.717, 1.165) is 45.1 Å². The van der Waals surface area contributed by atoms with E-state index >= 15 is 0 Å². The average Bonchev–Trinajstić information content (AvgIpc) is 3.05. The first kappa shape index (κ1) is 18.2. The van der Waals surface area contributed by atoms with Crippen molar-refractivity contribution in [3.05, 3.63) is 21.9 Å². The molecule has 1 aromatic rings. The van der Waals surface area contributed by atoms with E-state index in [1.807, 2.05) is 4.90 Å². The topological polar surface area (TPSA) is 47.9 Å². The van der Waals surface area contributed by atoms with Crippen LogP contribution in [0.3, 0.4) is 0 Å². The van der Waals surface area contributed by atoms with Crippen molar-refractivity contribution in [1.82, 2.24) is 15.1 Å². The third-order valence-electron chi connectivity index (χ3n) is 5.03. The normalized spacial score (nSPS) is 24.2. The molecule has 1 fully saturated rings. The quantitative estimate of drug-likeness (QED) is 0.664. The molecule has 0 saturated carbocycles. The minimum absolute atomic E-state index is 0.130. The van der Waals surface area contributed by atoms with Gasteiger partial charge in [-0.2, -0.15) is 0 Å². The lowest BCUT2D eigenvalue weighted by molar-refractivity contribution is -0.130. The van der Waals surface area contributed by atoms with E-state index in [4.69, 9.17) is 0 Å². The molecule has 0 aliphatic carbocycles. The van der Waals surface area contributed by atoms with Crippen LogP contribution in [-0.2, 0) is 17.8 Å². The van der Waals surface area contributed by atoms with Crippen molar-refractivity contribution in [3.8, 4) is 0 Å². The number of hydrogen-bond acceptors (Lipinski definition) is 3. The van der Waals surface area contributed by atoms with E-state index in [2.05, 4.69) is 47.4 Å². The Hall–Kier alpha value is -1.56. The van der Waals surface area contributed by atoms with Gasteiger partial charge in [-0.05, 0) is 48.6 Å². The molecule has 0 spiro atoms. The summed E-state index contributed by atoms with van der Waals surface area (Å²) in [5, 5.41) is 5.49. The number of aliphatic imine (C=N–C) groups is 1. The number of nitrogens with zero attached hydrogens (tertiary/aromatic N) is 3. The molecule has 3 heterocycles. The zero-order chi connectivity index (χ0) is 17.8. The summed E-state index contributed by atoms with van der Waals surface area (Å²) in [6.45, 7) is 11.3. The molecule has 2 aliphatic rings. The number of carbonyl (C=O) groups excluding carboxylic acids is 1. The Bertz CT molecular complexity index is 617. The number of guanidine groups is 1. The second-order valence-electron chi connectivity index (χ2n) is 7.46. The number of amides is 1. The monoisotopic (exact) mass is 362 g/mol. The van der Waals surface area contributed by atoms with E-state index in [0.29, 0.717) is 11.8 Å². The van der Waals surface area contributed by atoms with Gasteiger partial charge in [-0.15, -0.1) is 11.3 Å². The second kappa shape index (κ2) is 8.21. The fraction of sp³-hybridized carbons (Fsp3) is 0.684. The van der Waals surface area contributed by atoms with Gasteiger partial charge in [0.05, 0.1) is 0 Å². The predicted octanol–water partition coefficient (Wildman–Crippen LogP) is 2.58. The molecular weight excluding hydrogens is 332 g/mol. The van der Waals surface area contributed by atoms with Crippen LogP contribution in [0.2, 0.25) is 0 Å². The van der Waals surface area contributed by atoms with Crippen molar-refractivity contribution in [2.45, 2.75) is 40.2 Å². The number of hydrogen-bond donors (Lipinski definition) is 1. The SMILES string of the molecule is CCNC(=NCC(=O)N1CCc2sccc2C1)N1CC(C)CC(C)C1. The van der Waals surface area contributed by atoms with Gasteiger partial charge in [0, 0.05) is 37.6 Å². The molecule has 138 valence electrons. The van der Waals surface area contributed by atoms with Crippen molar-refractivity contribution in [2.24, 2.45) is 16.8 Å². The second-order valence-corrected chi connectivity index (χ2v) is 8.46. The molecule has 0 bridgehead atoms. The first-order valence-electron chi connectivity index (χ1n) is 9.43. The van der Waals surface area contributed by atoms with Crippen molar-refractivity contribution < 1.29 is 4.79 Å². The number of nitrogens with one attached hydrogen (secondary N) is 1. The molecule has 2 unspecified atom stereocenters. The van der Waals surface area contributed by atoms with Crippen molar-refractivity contribution in [3.63, 3.8) is 0 Å². The Morgan fingerprint density at radius 3 is 2.80 bits per heavy atom. The van der Waals surface area contributed by atoms with E-state index < -0.39 is 0 Å². The molecule has 0 aromatic carbocycles. The Morgan fingerprint density at radius 1 is 1.32 bits per heavy atom. The van der Waals surface area contributed by atoms with Crippen LogP contribution in [0.4, 0.5) is 0 Å². The van der Waals surface area contributed by atoms with Crippen LogP contribution < -0.4 is 5.32 Å². The zero-order valence-electron chi connectivity index (χ0n) is 15.6. The van der Waals surface area contributed by atoms with E-state index in [9.17, 15) is 4.79 Å². The third-order valence-corrected chi connectivity index (χ3v) is 6.05. The Labute approximate surface area is 155 Å². The number of thiophene rings is 1. The highest BCUT2D eigenvalue weighted by Gasteiger charge is 2.25. The lowest BCUT2D eigenvalue weighted by Crippen LogP contribution is -2.49. The van der Waals surface area contributed by atoms with Gasteiger partial charge in [0.1, 0.15) is 6.54 Å². The number of fused-ring (bicyclic) bond motifs is 1. The summed E-state index contributed by atoms with van der Waals surface area (Å²) in [6.07, 6.45) is 2.25. The first-order chi connectivity index (χ1) is 12.1. The van der Waals surface area contributed by atoms with Crippen molar-refractivity contribution in [1.29, 1.82) is 0 Å². The molecule has 3 rings (SSSR count). The van der Waals surface area contributed by atoms with E-state index in [1.54, 1.807) is 11.3 Å². The third kappa shape index (κ3) is 4.54. The average molecular weight is 363 g/mol. The first-order valence-corrected chi connectivity index (χ1v) is 10.3. The summed E-state index contributed by atoms with van der Waals surface area (Å²) < 4.78 is 0. The molecule has 1 saturated heterocycles. The van der Waals surface area contributed by atoms with Crippen LogP contribution in [-0.4, -0.2) is 54.4 Å². The maximum atomic E-state index is 12.6. The number of piperidine rings is 1. The fourth-order valence-electron chi connectivity index (χ4n) is 3.97. The van der Waals surface area contributed by atoms with Crippen molar-refractivity contribution in [2.75, 3.05) is 32.7 Å². The number of likely N-dealkylation sites (tertiary alicyclic amines) is 1. The largest absolute Gasteiger partial charge is 0.357 e. The smallest absolute Gasteiger partial charge is 0.244 e. The van der Waals surface area contributed by atoms with Gasteiger partial charge in [-0.25, -0.2) is 4.99 Å². The minimum atomic E-state index is 0.130. The molecule has 6 heteroatoms. The molecule has 1 aromatic heterocycles. The minimum Gasteiger partial charge on any atom is -0.357 e. The van der Waals surface area contributed by atoms with Gasteiger partial charge >= 0.3 is 0 Å². The molecule has 5 nitrogen and oxygen atoms in total. The van der Waals surface area contributed by atoms with E-state index in [-0.39, 0.29) is 12.5 Å². The standard InChI is InChI=1S/C19H30N4OS/c1-4-20-19(23-11-14(2)9-15(3)12-23)21-10-18(24)22-7-5-17-16(13-22)6-8-25-17/h6,8,14-15H,4-5,7,9-13H2,1-3H3,(H,20,21). The molecule has 2 atom stereocenters. The summed E-state index contributed by atoms with van der Waals surface area (Å²) in [5.41, 5.74) is 1.30. The van der Waals surface area contributed by atoms with Gasteiger partial charge in [0.15, 0.2) is 5.96 Å². The lowest BCUT2D eigenvalue weighted by atomic mass is 9.92. The van der Waals surface area contributed by atoms with Crippen LogP contribution in [0.15, 0.2) is 16.4 Å². The van der Waals surface area contributed by atoms with E-state index in [1.165, 1.54) is 16.9 Å². The molecule has 1 N–H and O–H groups in total. The highest BCUT2D eigenvalue weighted by Crippen LogP contribution is 2.24. The number of carbonyl (C=O) groups is 1. The number of rotatable bonds is 3. The zero-order valence-corrected chi connectivity index (χ0v) is 16.4. The Morgan fingerprint density at radius 2 is 2.08 bits per heavy atom. The van der Waals surface area contributed by atoms with Crippen LogP contribution in [0, 0.1) is 11.8 Å². The summed E-state index contributed by atoms with van der Waals surface area (Å²) in [4.78, 5) is 23.0. The van der Waals surface area contributed by atoms with Crippen LogP contribution in [0.25, 0.3) is 0 Å². The molecule has 25 heavy (non-hydrogen) atoms. The molecular formula is C19H30N4OS. The van der Waals surface area contributed by atoms with Crippen molar-refractivity contribution >= 4 is 23.2 Å². The van der Waals surface area contributed by atoms with Gasteiger partial charge in [-0.3, -0.25) is 4.79 Å². The maximum absolute atomic E-state index is 12.6. The molecule has 1 amide bonds. The van der Waals surface area contributed by atoms with Gasteiger partial charge in [0.2, 0.25) is 5.91 Å². The van der Waals surface area contributed by atoms with Crippen LogP contribution in [0.1, 0.15) is 37.6 Å². The van der Waals surface area contributed by atoms with Gasteiger partial charge < -0.3 is 15.1 Å². The fourth-order valence-corrected chi connectivity index (χ4v) is 4.86. The Balaban J connectivity index is 1.62. The highest BCUT2D eigenvalue weighted by molar-refractivity contribution is 7.10. The summed E-state index contributed by atoms with van der Waals surface area (Å²) in [6, 6.07) is 2.14. The lowest BCUT2D eigenvalue weighted by Gasteiger charge is -2.37. The van der Waals surface area contributed by atoms with Crippen LogP contribution >= 0.6 is 11.3 Å². The molecule has 0 radical (unpaired) electrons. The van der Waals surface area contributed by atoms with Crippen LogP contribution in [0.5, 0.6) is 0 Å². The maximum Gasteiger partial charge on any atom is 0.244 e. The highest BCUT2D eigenvalue weighted by atomic mass is 32.1. The summed E-state index contributed by atoms with van der Waals surface area (Å²) >= 11 is 1.80. The summed E-state index contributed by atoms with van der Waals surface area (Å²) in [5.74, 6) is 2.36. The summed E-state index contributed by atoms with van der Waals surface area (Å²) in [7, 11) is 0. The molecule has 2 aliphatic heterocycles. The predicted molar refractivity (Wildman–Crippen MR) is 104 cm³/mol. The van der Waals surface area contributed by atoms with Gasteiger partial charge in [0.25, 0.3) is 0 Å². The Kier molecular flexibility index (Phi) is 5.99. The van der Waals surface area contributed by atoms with Gasteiger partial charge in [-0.1, -0.05) is 13.8 Å².